The third-order valence-corrected chi connectivity index (χ3v) is 3.19. The van der Waals surface area contributed by atoms with Crippen molar-refractivity contribution >= 4 is 22.6 Å². The molecule has 3 rings (SSSR count). The topological polar surface area (TPSA) is 37.4 Å². The molecule has 0 atom stereocenters. The van der Waals surface area contributed by atoms with Gasteiger partial charge < -0.3 is 0 Å². The number of carbonyl (C=O) groups is 2. The van der Waals surface area contributed by atoms with Crippen LogP contribution in [0.25, 0.3) is 10.8 Å². The van der Waals surface area contributed by atoms with Crippen LogP contribution in [0.1, 0.15) is 26.3 Å². The van der Waals surface area contributed by atoms with Crippen LogP contribution in [0, 0.1) is 6.92 Å². The molecule has 2 aromatic carbocycles. The fraction of sp³-hybridized carbons (Fsp3) is 0.143. The molecule has 0 N–H and O–H groups in total. The Kier molecular flexibility index (Phi) is 1.87. The highest BCUT2D eigenvalue weighted by molar-refractivity contribution is 6.25. The lowest BCUT2D eigenvalue weighted by atomic mass is 9.93. The number of aryl methyl sites for hydroxylation is 1. The SMILES string of the molecule is Cc1cc2c3c(cccc3c1)C(=O)N(C)C2=O. The highest BCUT2D eigenvalue weighted by Gasteiger charge is 2.29. The van der Waals surface area contributed by atoms with Gasteiger partial charge in [-0.25, -0.2) is 0 Å². The smallest absolute Gasteiger partial charge is 0.261 e. The van der Waals surface area contributed by atoms with Crippen molar-refractivity contribution in [1.82, 2.24) is 4.90 Å². The summed E-state index contributed by atoms with van der Waals surface area (Å²) in [4.78, 5) is 25.3. The van der Waals surface area contributed by atoms with Crippen LogP contribution in [-0.2, 0) is 0 Å². The molecule has 0 saturated carbocycles. The molecule has 2 aromatic rings. The van der Waals surface area contributed by atoms with E-state index in [0.29, 0.717) is 11.1 Å². The standard InChI is InChI=1S/C14H11NO2/c1-8-6-9-4-3-5-10-12(9)11(7-8)14(17)15(2)13(10)16/h3-7H,1-2H3. The largest absolute Gasteiger partial charge is 0.277 e. The number of imide groups is 1. The van der Waals surface area contributed by atoms with E-state index >= 15 is 0 Å². The van der Waals surface area contributed by atoms with Gasteiger partial charge in [0.25, 0.3) is 11.8 Å². The number of hydrogen-bond donors (Lipinski definition) is 0. The normalized spacial score (nSPS) is 14.6. The van der Waals surface area contributed by atoms with Gasteiger partial charge in [-0.1, -0.05) is 18.2 Å². The van der Waals surface area contributed by atoms with Gasteiger partial charge in [0.1, 0.15) is 0 Å². The first-order valence-corrected chi connectivity index (χ1v) is 5.45. The van der Waals surface area contributed by atoms with E-state index in [4.69, 9.17) is 0 Å². The first-order chi connectivity index (χ1) is 8.09. The van der Waals surface area contributed by atoms with Gasteiger partial charge in [-0.2, -0.15) is 0 Å². The summed E-state index contributed by atoms with van der Waals surface area (Å²) in [6, 6.07) is 9.39. The molecule has 0 fully saturated rings. The van der Waals surface area contributed by atoms with E-state index in [1.807, 2.05) is 31.2 Å². The Morgan fingerprint density at radius 2 is 1.71 bits per heavy atom. The lowest BCUT2D eigenvalue weighted by Crippen LogP contribution is -2.36. The van der Waals surface area contributed by atoms with E-state index in [-0.39, 0.29) is 11.8 Å². The molecule has 2 amide bonds. The van der Waals surface area contributed by atoms with Crippen molar-refractivity contribution in [1.29, 1.82) is 0 Å². The molecule has 17 heavy (non-hydrogen) atoms. The van der Waals surface area contributed by atoms with Crippen molar-refractivity contribution in [2.45, 2.75) is 6.92 Å². The minimum atomic E-state index is -0.225. The van der Waals surface area contributed by atoms with Crippen molar-refractivity contribution in [2.75, 3.05) is 7.05 Å². The summed E-state index contributed by atoms with van der Waals surface area (Å²) in [5, 5.41) is 1.73. The molecular weight excluding hydrogens is 214 g/mol. The quantitative estimate of drug-likeness (QED) is 0.645. The second-order valence-corrected chi connectivity index (χ2v) is 4.39. The van der Waals surface area contributed by atoms with Crippen LogP contribution in [0.3, 0.4) is 0 Å². The summed E-state index contributed by atoms with van der Waals surface area (Å²) in [5.41, 5.74) is 2.26. The number of carbonyl (C=O) groups excluding carboxylic acids is 2. The summed E-state index contributed by atoms with van der Waals surface area (Å²) >= 11 is 0. The van der Waals surface area contributed by atoms with E-state index in [0.717, 1.165) is 16.3 Å². The maximum absolute atomic E-state index is 12.1. The van der Waals surface area contributed by atoms with Gasteiger partial charge in [0, 0.05) is 23.6 Å². The summed E-state index contributed by atoms with van der Waals surface area (Å²) < 4.78 is 0. The Labute approximate surface area is 98.6 Å². The zero-order valence-corrected chi connectivity index (χ0v) is 9.65. The molecule has 3 nitrogen and oxygen atoms in total. The fourth-order valence-electron chi connectivity index (χ4n) is 2.38. The zero-order valence-electron chi connectivity index (χ0n) is 9.65. The van der Waals surface area contributed by atoms with Crippen molar-refractivity contribution in [3.8, 4) is 0 Å². The van der Waals surface area contributed by atoms with Gasteiger partial charge >= 0.3 is 0 Å². The highest BCUT2D eigenvalue weighted by Crippen LogP contribution is 2.30. The summed E-state index contributed by atoms with van der Waals surface area (Å²) in [6.07, 6.45) is 0. The first-order valence-electron chi connectivity index (χ1n) is 5.45. The number of benzene rings is 2. The lowest BCUT2D eigenvalue weighted by Gasteiger charge is -2.23. The maximum atomic E-state index is 12.1. The van der Waals surface area contributed by atoms with Gasteiger partial charge in [-0.3, -0.25) is 14.5 Å². The monoisotopic (exact) mass is 225 g/mol. The molecule has 0 aromatic heterocycles. The summed E-state index contributed by atoms with van der Waals surface area (Å²) in [6.45, 7) is 1.95. The number of rotatable bonds is 0. The van der Waals surface area contributed by atoms with E-state index in [9.17, 15) is 9.59 Å². The van der Waals surface area contributed by atoms with Gasteiger partial charge in [-0.05, 0) is 30.0 Å². The van der Waals surface area contributed by atoms with Crippen LogP contribution in [0.4, 0.5) is 0 Å². The van der Waals surface area contributed by atoms with E-state index in [2.05, 4.69) is 0 Å². The second-order valence-electron chi connectivity index (χ2n) is 4.39. The molecule has 0 aliphatic carbocycles. The zero-order chi connectivity index (χ0) is 12.2. The number of amides is 2. The second kappa shape index (κ2) is 3.17. The van der Waals surface area contributed by atoms with Crippen LogP contribution in [0.2, 0.25) is 0 Å². The molecule has 0 saturated heterocycles. The third kappa shape index (κ3) is 1.22. The Balaban J connectivity index is 2.53. The van der Waals surface area contributed by atoms with E-state index in [1.54, 1.807) is 6.07 Å². The molecule has 3 heteroatoms. The van der Waals surface area contributed by atoms with Crippen molar-refractivity contribution in [3.63, 3.8) is 0 Å². The molecule has 1 heterocycles. The fourth-order valence-corrected chi connectivity index (χ4v) is 2.38. The minimum Gasteiger partial charge on any atom is -0.277 e. The van der Waals surface area contributed by atoms with Crippen molar-refractivity contribution in [2.24, 2.45) is 0 Å². The van der Waals surface area contributed by atoms with Crippen LogP contribution in [0.5, 0.6) is 0 Å². The van der Waals surface area contributed by atoms with Crippen molar-refractivity contribution < 1.29 is 9.59 Å². The lowest BCUT2D eigenvalue weighted by molar-refractivity contribution is 0.0650. The van der Waals surface area contributed by atoms with Crippen LogP contribution in [0.15, 0.2) is 30.3 Å². The molecule has 0 spiro atoms. The van der Waals surface area contributed by atoms with Crippen LogP contribution < -0.4 is 0 Å². The molecule has 0 unspecified atom stereocenters. The predicted molar refractivity (Wildman–Crippen MR) is 65.1 cm³/mol. The average Bonchev–Trinajstić information content (AvgIpc) is 2.32. The Morgan fingerprint density at radius 1 is 1.00 bits per heavy atom. The van der Waals surface area contributed by atoms with Gasteiger partial charge in [0.15, 0.2) is 0 Å². The van der Waals surface area contributed by atoms with Gasteiger partial charge in [-0.15, -0.1) is 0 Å². The van der Waals surface area contributed by atoms with E-state index in [1.165, 1.54) is 11.9 Å². The highest BCUT2D eigenvalue weighted by atomic mass is 16.2. The molecule has 0 bridgehead atoms. The average molecular weight is 225 g/mol. The Morgan fingerprint density at radius 3 is 2.47 bits per heavy atom. The Bertz CT molecular complexity index is 673. The first kappa shape index (κ1) is 10.0. The third-order valence-electron chi connectivity index (χ3n) is 3.19. The molecular formula is C14H11NO2. The molecule has 0 radical (unpaired) electrons. The maximum Gasteiger partial charge on any atom is 0.261 e. The van der Waals surface area contributed by atoms with E-state index < -0.39 is 0 Å². The Hall–Kier alpha value is -2.16. The van der Waals surface area contributed by atoms with Crippen LogP contribution >= 0.6 is 0 Å². The molecule has 1 aliphatic heterocycles. The number of nitrogens with zero attached hydrogens (tertiary/aromatic N) is 1. The van der Waals surface area contributed by atoms with Gasteiger partial charge in [0.2, 0.25) is 0 Å². The molecule has 84 valence electrons. The van der Waals surface area contributed by atoms with Gasteiger partial charge in [0.05, 0.1) is 0 Å². The minimum absolute atomic E-state index is 0.220. The summed E-state index contributed by atoms with van der Waals surface area (Å²) in [5.74, 6) is -0.445. The van der Waals surface area contributed by atoms with Crippen molar-refractivity contribution in [3.05, 3.63) is 47.0 Å². The predicted octanol–water partition coefficient (Wildman–Crippen LogP) is 2.37. The van der Waals surface area contributed by atoms with Crippen LogP contribution in [-0.4, -0.2) is 23.8 Å². The number of hydrogen-bond acceptors (Lipinski definition) is 2. The molecule has 1 aliphatic rings. The summed E-state index contributed by atoms with van der Waals surface area (Å²) in [7, 11) is 1.52.